The van der Waals surface area contributed by atoms with E-state index < -0.39 is 17.6 Å². The summed E-state index contributed by atoms with van der Waals surface area (Å²) in [5, 5.41) is 0. The number of carbonyl (C=O) groups excluding carboxylic acids is 1. The molecule has 0 bridgehead atoms. The highest BCUT2D eigenvalue weighted by atomic mass is 19.4. The van der Waals surface area contributed by atoms with Gasteiger partial charge in [0.05, 0.1) is 18.2 Å². The smallest absolute Gasteiger partial charge is 0.416 e. The number of alkyl halides is 3. The van der Waals surface area contributed by atoms with Gasteiger partial charge in [-0.05, 0) is 17.7 Å². The van der Waals surface area contributed by atoms with Crippen molar-refractivity contribution in [3.8, 4) is 16.9 Å². The molecule has 1 amide bonds. The van der Waals surface area contributed by atoms with Crippen molar-refractivity contribution < 1.29 is 22.7 Å². The molecule has 0 aliphatic rings. The summed E-state index contributed by atoms with van der Waals surface area (Å²) in [7, 11) is 1.24. The summed E-state index contributed by atoms with van der Waals surface area (Å²) in [5.41, 5.74) is 4.82. The normalized spacial score (nSPS) is 11.2. The lowest BCUT2D eigenvalue weighted by atomic mass is 9.95. The molecule has 2 N–H and O–H groups in total. The number of rotatable bonds is 3. The van der Waals surface area contributed by atoms with Gasteiger partial charge in [0.25, 0.3) is 0 Å². The first-order valence-corrected chi connectivity index (χ1v) is 5.99. The highest BCUT2D eigenvalue weighted by molar-refractivity contribution is 6.01. The van der Waals surface area contributed by atoms with Crippen LogP contribution in [0.4, 0.5) is 13.2 Å². The minimum absolute atomic E-state index is 0.0511. The van der Waals surface area contributed by atoms with Crippen molar-refractivity contribution in [1.29, 1.82) is 0 Å². The van der Waals surface area contributed by atoms with Crippen LogP contribution in [0, 0.1) is 0 Å². The summed E-state index contributed by atoms with van der Waals surface area (Å²) in [4.78, 5) is 11.5. The zero-order valence-electron chi connectivity index (χ0n) is 11.1. The fourth-order valence-corrected chi connectivity index (χ4v) is 2.04. The Kier molecular flexibility index (Phi) is 3.88. The zero-order valence-corrected chi connectivity index (χ0v) is 11.1. The van der Waals surface area contributed by atoms with Crippen LogP contribution in [0.2, 0.25) is 0 Å². The van der Waals surface area contributed by atoms with Crippen LogP contribution in [-0.2, 0) is 6.18 Å². The fourth-order valence-electron chi connectivity index (χ4n) is 2.04. The van der Waals surface area contributed by atoms with Gasteiger partial charge in [0.15, 0.2) is 0 Å². The van der Waals surface area contributed by atoms with E-state index in [1.165, 1.54) is 7.11 Å². The van der Waals surface area contributed by atoms with Crippen LogP contribution >= 0.6 is 0 Å². The van der Waals surface area contributed by atoms with Crippen LogP contribution in [0.15, 0.2) is 42.5 Å². The molecule has 0 aliphatic heterocycles. The van der Waals surface area contributed by atoms with E-state index in [9.17, 15) is 18.0 Å². The molecule has 3 nitrogen and oxygen atoms in total. The topological polar surface area (TPSA) is 52.3 Å². The van der Waals surface area contributed by atoms with Gasteiger partial charge in [0, 0.05) is 5.56 Å². The third kappa shape index (κ3) is 2.99. The van der Waals surface area contributed by atoms with Crippen LogP contribution in [0.1, 0.15) is 15.9 Å². The number of nitrogens with two attached hydrogens (primary N) is 1. The van der Waals surface area contributed by atoms with Gasteiger partial charge in [-0.1, -0.05) is 30.3 Å². The summed E-state index contributed by atoms with van der Waals surface area (Å²) in [6.07, 6.45) is -4.59. The average molecular weight is 295 g/mol. The maximum absolute atomic E-state index is 12.9. The molecule has 0 aromatic heterocycles. The van der Waals surface area contributed by atoms with E-state index in [0.29, 0.717) is 5.56 Å². The van der Waals surface area contributed by atoms with Gasteiger partial charge in [-0.3, -0.25) is 4.79 Å². The molecule has 0 unspecified atom stereocenters. The second-order valence-electron chi connectivity index (χ2n) is 4.33. The molecule has 110 valence electrons. The summed E-state index contributed by atoms with van der Waals surface area (Å²) >= 11 is 0. The Labute approximate surface area is 119 Å². The molecule has 2 aromatic carbocycles. The quantitative estimate of drug-likeness (QED) is 0.942. The number of ether oxygens (including phenoxy) is 1. The Hall–Kier alpha value is -2.50. The van der Waals surface area contributed by atoms with E-state index in [1.807, 2.05) is 0 Å². The highest BCUT2D eigenvalue weighted by Gasteiger charge is 2.33. The van der Waals surface area contributed by atoms with Crippen LogP contribution in [-0.4, -0.2) is 13.0 Å². The monoisotopic (exact) mass is 295 g/mol. The second kappa shape index (κ2) is 5.47. The van der Waals surface area contributed by atoms with Gasteiger partial charge in [-0.15, -0.1) is 0 Å². The van der Waals surface area contributed by atoms with Crippen molar-refractivity contribution >= 4 is 5.91 Å². The van der Waals surface area contributed by atoms with Gasteiger partial charge in [-0.2, -0.15) is 13.2 Å². The van der Waals surface area contributed by atoms with E-state index in [2.05, 4.69) is 0 Å². The van der Waals surface area contributed by atoms with E-state index >= 15 is 0 Å². The van der Waals surface area contributed by atoms with Crippen molar-refractivity contribution in [2.24, 2.45) is 5.73 Å². The summed E-state index contributed by atoms with van der Waals surface area (Å²) in [6, 6.07) is 10.1. The number of carbonyl (C=O) groups is 1. The third-order valence-electron chi connectivity index (χ3n) is 2.98. The van der Waals surface area contributed by atoms with E-state index in [1.54, 1.807) is 30.3 Å². The number of benzene rings is 2. The molecule has 0 radical (unpaired) electrons. The third-order valence-corrected chi connectivity index (χ3v) is 2.98. The maximum atomic E-state index is 12.9. The first kappa shape index (κ1) is 14.9. The molecule has 2 aromatic rings. The highest BCUT2D eigenvalue weighted by Crippen LogP contribution is 2.39. The Morgan fingerprint density at radius 2 is 1.76 bits per heavy atom. The lowest BCUT2D eigenvalue weighted by Crippen LogP contribution is -2.16. The van der Waals surface area contributed by atoms with Gasteiger partial charge < -0.3 is 10.5 Å². The molecule has 0 atom stereocenters. The lowest BCUT2D eigenvalue weighted by Gasteiger charge is -2.16. The van der Waals surface area contributed by atoms with Crippen LogP contribution in [0.25, 0.3) is 11.1 Å². The average Bonchev–Trinajstić information content (AvgIpc) is 2.45. The molecule has 6 heteroatoms. The Bertz CT molecular complexity index is 667. The van der Waals surface area contributed by atoms with Crippen LogP contribution in [0.5, 0.6) is 5.75 Å². The van der Waals surface area contributed by atoms with Gasteiger partial charge in [-0.25, -0.2) is 0 Å². The number of primary amides is 1. The predicted molar refractivity (Wildman–Crippen MR) is 71.9 cm³/mol. The van der Waals surface area contributed by atoms with Crippen molar-refractivity contribution in [2.75, 3.05) is 7.11 Å². The maximum Gasteiger partial charge on any atom is 0.416 e. The van der Waals surface area contributed by atoms with E-state index in [4.69, 9.17) is 10.5 Å². The van der Waals surface area contributed by atoms with Gasteiger partial charge >= 0.3 is 6.18 Å². The first-order valence-electron chi connectivity index (χ1n) is 5.99. The number of methoxy groups -OCH3 is 1. The Morgan fingerprint density at radius 1 is 1.14 bits per heavy atom. The molecule has 21 heavy (non-hydrogen) atoms. The Balaban J connectivity index is 2.77. The van der Waals surface area contributed by atoms with E-state index in [0.717, 1.165) is 12.1 Å². The number of hydrogen-bond acceptors (Lipinski definition) is 2. The molecule has 2 rings (SSSR count). The molecule has 0 spiro atoms. The second-order valence-corrected chi connectivity index (χ2v) is 4.33. The lowest BCUT2D eigenvalue weighted by molar-refractivity contribution is -0.137. The molecular formula is C15H12F3NO2. The van der Waals surface area contributed by atoms with Crippen LogP contribution in [0.3, 0.4) is 0 Å². The first-order chi connectivity index (χ1) is 9.84. The van der Waals surface area contributed by atoms with Gasteiger partial charge in [0.2, 0.25) is 5.91 Å². The standard InChI is InChI=1S/C15H12F3NO2/c1-21-12-8-10(15(16,17)18)7-11(14(19)20)13(12)9-5-3-2-4-6-9/h2-8H,1H3,(H2,19,20). The van der Waals surface area contributed by atoms with E-state index in [-0.39, 0.29) is 16.9 Å². The number of halogens is 3. The van der Waals surface area contributed by atoms with Crippen molar-refractivity contribution in [1.82, 2.24) is 0 Å². The predicted octanol–water partition coefficient (Wildman–Crippen LogP) is 3.48. The number of amides is 1. The SMILES string of the molecule is COc1cc(C(F)(F)F)cc(C(N)=O)c1-c1ccccc1. The van der Waals surface area contributed by atoms with Crippen molar-refractivity contribution in [2.45, 2.75) is 6.18 Å². The molecule has 0 saturated heterocycles. The zero-order chi connectivity index (χ0) is 15.6. The molecular weight excluding hydrogens is 283 g/mol. The minimum atomic E-state index is -4.59. The molecule has 0 fully saturated rings. The number of hydrogen-bond donors (Lipinski definition) is 1. The van der Waals surface area contributed by atoms with Gasteiger partial charge in [0.1, 0.15) is 5.75 Å². The Morgan fingerprint density at radius 3 is 2.24 bits per heavy atom. The van der Waals surface area contributed by atoms with Crippen molar-refractivity contribution in [3.63, 3.8) is 0 Å². The minimum Gasteiger partial charge on any atom is -0.496 e. The summed E-state index contributed by atoms with van der Waals surface area (Å²) in [6.45, 7) is 0. The van der Waals surface area contributed by atoms with Crippen LogP contribution < -0.4 is 10.5 Å². The molecule has 0 saturated carbocycles. The largest absolute Gasteiger partial charge is 0.496 e. The molecule has 0 aliphatic carbocycles. The summed E-state index contributed by atoms with van der Waals surface area (Å²) in [5.74, 6) is -0.997. The summed E-state index contributed by atoms with van der Waals surface area (Å²) < 4.78 is 43.6. The fraction of sp³-hybridized carbons (Fsp3) is 0.133. The molecule has 0 heterocycles. The van der Waals surface area contributed by atoms with Crippen molar-refractivity contribution in [3.05, 3.63) is 53.6 Å².